The first-order chi connectivity index (χ1) is 10.0. The fourth-order valence-corrected chi connectivity index (χ4v) is 2.92. The van der Waals surface area contributed by atoms with E-state index in [1.165, 1.54) is 16.7 Å². The molecule has 0 fully saturated rings. The Morgan fingerprint density at radius 2 is 1.71 bits per heavy atom. The Morgan fingerprint density at radius 3 is 2.29 bits per heavy atom. The topological polar surface area (TPSA) is 43.8 Å². The van der Waals surface area contributed by atoms with Gasteiger partial charge < -0.3 is 5.73 Å². The van der Waals surface area contributed by atoms with Gasteiger partial charge in [-0.2, -0.15) is 5.10 Å². The van der Waals surface area contributed by atoms with Crippen LogP contribution in [-0.2, 0) is 6.42 Å². The Bertz CT molecular complexity index is 562. The van der Waals surface area contributed by atoms with Gasteiger partial charge in [0.15, 0.2) is 0 Å². The van der Waals surface area contributed by atoms with Gasteiger partial charge in [0.2, 0.25) is 0 Å². The van der Waals surface area contributed by atoms with E-state index in [0.717, 1.165) is 25.0 Å². The second-order valence-corrected chi connectivity index (χ2v) is 5.99. The Kier molecular flexibility index (Phi) is 5.18. The van der Waals surface area contributed by atoms with Crippen LogP contribution < -0.4 is 5.73 Å². The first-order valence-electron chi connectivity index (χ1n) is 7.91. The lowest BCUT2D eigenvalue weighted by atomic mass is 9.99. The van der Waals surface area contributed by atoms with E-state index in [1.54, 1.807) is 0 Å². The van der Waals surface area contributed by atoms with Gasteiger partial charge in [-0.25, -0.2) is 0 Å². The molecule has 1 unspecified atom stereocenters. The van der Waals surface area contributed by atoms with E-state index < -0.39 is 0 Å². The number of nitrogens with two attached hydrogens (primary N) is 1. The molecule has 114 valence electrons. The van der Waals surface area contributed by atoms with Crippen molar-refractivity contribution in [1.29, 1.82) is 0 Å². The van der Waals surface area contributed by atoms with E-state index in [-0.39, 0.29) is 6.04 Å². The quantitative estimate of drug-likeness (QED) is 0.868. The molecule has 0 aliphatic heterocycles. The number of hydrogen-bond acceptors (Lipinski definition) is 2. The average Bonchev–Trinajstić information content (AvgIpc) is 2.87. The summed E-state index contributed by atoms with van der Waals surface area (Å²) in [6.45, 7) is 8.64. The van der Waals surface area contributed by atoms with Crippen LogP contribution in [0.25, 0.3) is 0 Å². The van der Waals surface area contributed by atoms with Crippen molar-refractivity contribution in [2.45, 2.75) is 59.0 Å². The number of nitrogens with zero attached hydrogens (tertiary/aromatic N) is 2. The molecule has 2 rings (SSSR count). The van der Waals surface area contributed by atoms with Crippen LogP contribution in [-0.4, -0.2) is 9.78 Å². The summed E-state index contributed by atoms with van der Waals surface area (Å²) < 4.78 is 2.09. The summed E-state index contributed by atoms with van der Waals surface area (Å²) in [5, 5.41) is 4.70. The molecule has 1 heterocycles. The molecule has 0 aliphatic carbocycles. The predicted octanol–water partition coefficient (Wildman–Crippen LogP) is 4.10. The Labute approximate surface area is 128 Å². The van der Waals surface area contributed by atoms with E-state index in [4.69, 9.17) is 10.8 Å². The second kappa shape index (κ2) is 6.90. The highest BCUT2D eigenvalue weighted by molar-refractivity contribution is 5.31. The number of aryl methyl sites for hydroxylation is 2. The fourth-order valence-electron chi connectivity index (χ4n) is 2.92. The van der Waals surface area contributed by atoms with Gasteiger partial charge in [-0.05, 0) is 38.3 Å². The Hall–Kier alpha value is -1.61. The van der Waals surface area contributed by atoms with Crippen LogP contribution in [0.5, 0.6) is 0 Å². The molecule has 0 saturated carbocycles. The summed E-state index contributed by atoms with van der Waals surface area (Å²) in [7, 11) is 0. The van der Waals surface area contributed by atoms with Gasteiger partial charge in [0.25, 0.3) is 0 Å². The standard InChI is InChI=1S/C18H27N3/c1-5-17(6-2)21-8-7-16(20-21)12-18(19)15-10-13(3)9-14(4)11-15/h7-11,17-18H,5-6,12,19H2,1-4H3. The van der Waals surface area contributed by atoms with Crippen LogP contribution in [0.15, 0.2) is 30.5 Å². The third-order valence-electron chi connectivity index (χ3n) is 4.08. The largest absolute Gasteiger partial charge is 0.324 e. The third-order valence-corrected chi connectivity index (χ3v) is 4.08. The minimum Gasteiger partial charge on any atom is -0.324 e. The SMILES string of the molecule is CCC(CC)n1ccc(CC(N)c2cc(C)cc(C)c2)n1. The van der Waals surface area contributed by atoms with E-state index in [1.807, 2.05) is 0 Å². The van der Waals surface area contributed by atoms with E-state index in [9.17, 15) is 0 Å². The van der Waals surface area contributed by atoms with Gasteiger partial charge in [-0.15, -0.1) is 0 Å². The fraction of sp³-hybridized carbons (Fsp3) is 0.500. The lowest BCUT2D eigenvalue weighted by molar-refractivity contribution is 0.424. The van der Waals surface area contributed by atoms with Crippen molar-refractivity contribution in [3.05, 3.63) is 52.8 Å². The van der Waals surface area contributed by atoms with Crippen LogP contribution in [0.3, 0.4) is 0 Å². The number of aromatic nitrogens is 2. The summed E-state index contributed by atoms with van der Waals surface area (Å²) in [6.07, 6.45) is 5.10. The number of rotatable bonds is 6. The molecule has 3 heteroatoms. The summed E-state index contributed by atoms with van der Waals surface area (Å²) in [5.41, 5.74) is 11.2. The van der Waals surface area contributed by atoms with E-state index >= 15 is 0 Å². The van der Waals surface area contributed by atoms with Crippen molar-refractivity contribution < 1.29 is 0 Å². The van der Waals surface area contributed by atoms with Crippen molar-refractivity contribution >= 4 is 0 Å². The zero-order chi connectivity index (χ0) is 15.4. The van der Waals surface area contributed by atoms with Crippen molar-refractivity contribution in [2.75, 3.05) is 0 Å². The molecule has 1 atom stereocenters. The molecule has 3 nitrogen and oxygen atoms in total. The monoisotopic (exact) mass is 285 g/mol. The molecule has 0 bridgehead atoms. The number of benzene rings is 1. The smallest absolute Gasteiger partial charge is 0.0643 e. The highest BCUT2D eigenvalue weighted by atomic mass is 15.3. The minimum absolute atomic E-state index is 0.00801. The third kappa shape index (κ3) is 3.94. The van der Waals surface area contributed by atoms with Gasteiger partial charge in [-0.1, -0.05) is 43.2 Å². The molecule has 1 aromatic carbocycles. The molecular formula is C18H27N3. The highest BCUT2D eigenvalue weighted by Crippen LogP contribution is 2.20. The molecule has 1 aromatic heterocycles. The van der Waals surface area contributed by atoms with Crippen molar-refractivity contribution in [3.8, 4) is 0 Å². The maximum atomic E-state index is 6.37. The summed E-state index contributed by atoms with van der Waals surface area (Å²) in [6, 6.07) is 9.13. The molecule has 0 spiro atoms. The molecule has 21 heavy (non-hydrogen) atoms. The number of hydrogen-bond donors (Lipinski definition) is 1. The average molecular weight is 285 g/mol. The van der Waals surface area contributed by atoms with Crippen LogP contribution in [0, 0.1) is 13.8 Å². The first-order valence-corrected chi connectivity index (χ1v) is 7.91. The predicted molar refractivity (Wildman–Crippen MR) is 88.4 cm³/mol. The van der Waals surface area contributed by atoms with Crippen molar-refractivity contribution in [3.63, 3.8) is 0 Å². The van der Waals surface area contributed by atoms with E-state index in [0.29, 0.717) is 6.04 Å². The minimum atomic E-state index is 0.00801. The van der Waals surface area contributed by atoms with E-state index in [2.05, 4.69) is 62.8 Å². The van der Waals surface area contributed by atoms with Crippen LogP contribution in [0.4, 0.5) is 0 Å². The summed E-state index contributed by atoms with van der Waals surface area (Å²) in [5.74, 6) is 0. The molecule has 0 saturated heterocycles. The molecule has 2 aromatic rings. The zero-order valence-electron chi connectivity index (χ0n) is 13.6. The molecular weight excluding hydrogens is 258 g/mol. The maximum Gasteiger partial charge on any atom is 0.0643 e. The van der Waals surface area contributed by atoms with Gasteiger partial charge in [0, 0.05) is 18.7 Å². The molecule has 0 amide bonds. The second-order valence-electron chi connectivity index (χ2n) is 5.99. The first kappa shape index (κ1) is 15.8. The van der Waals surface area contributed by atoms with Gasteiger partial charge in [0.05, 0.1) is 11.7 Å². The molecule has 2 N–H and O–H groups in total. The Morgan fingerprint density at radius 1 is 1.10 bits per heavy atom. The van der Waals surface area contributed by atoms with Crippen LogP contribution in [0.2, 0.25) is 0 Å². The molecule has 0 aliphatic rings. The van der Waals surface area contributed by atoms with Crippen LogP contribution in [0.1, 0.15) is 61.2 Å². The Balaban J connectivity index is 2.10. The van der Waals surface area contributed by atoms with Crippen molar-refractivity contribution in [1.82, 2.24) is 9.78 Å². The summed E-state index contributed by atoms with van der Waals surface area (Å²) >= 11 is 0. The summed E-state index contributed by atoms with van der Waals surface area (Å²) in [4.78, 5) is 0. The normalized spacial score (nSPS) is 12.9. The van der Waals surface area contributed by atoms with Crippen molar-refractivity contribution in [2.24, 2.45) is 5.73 Å². The zero-order valence-corrected chi connectivity index (χ0v) is 13.6. The molecule has 0 radical (unpaired) electrons. The lowest BCUT2D eigenvalue weighted by Gasteiger charge is -2.14. The highest BCUT2D eigenvalue weighted by Gasteiger charge is 2.12. The van der Waals surface area contributed by atoms with Gasteiger partial charge in [0.1, 0.15) is 0 Å². The van der Waals surface area contributed by atoms with Crippen LogP contribution >= 0.6 is 0 Å². The van der Waals surface area contributed by atoms with Gasteiger partial charge >= 0.3 is 0 Å². The lowest BCUT2D eigenvalue weighted by Crippen LogP contribution is -2.15. The van der Waals surface area contributed by atoms with Gasteiger partial charge in [-0.3, -0.25) is 4.68 Å². The maximum absolute atomic E-state index is 6.37.